The average Bonchev–Trinajstić information content (AvgIpc) is 3.15. The van der Waals surface area contributed by atoms with E-state index in [9.17, 15) is 4.79 Å². The Balaban J connectivity index is 2.48. The molecule has 5 nitrogen and oxygen atoms in total. The zero-order valence-electron chi connectivity index (χ0n) is 10.8. The third kappa shape index (κ3) is 2.01. The summed E-state index contributed by atoms with van der Waals surface area (Å²) in [7, 11) is 4.56. The van der Waals surface area contributed by atoms with E-state index in [2.05, 4.69) is 0 Å². The van der Waals surface area contributed by atoms with Crippen molar-refractivity contribution in [3.8, 4) is 17.2 Å². The molecule has 1 aliphatic carbocycles. The van der Waals surface area contributed by atoms with Crippen molar-refractivity contribution < 1.29 is 19.0 Å². The van der Waals surface area contributed by atoms with Gasteiger partial charge in [0.15, 0.2) is 17.3 Å². The lowest BCUT2D eigenvalue weighted by atomic mass is 10.0. The van der Waals surface area contributed by atoms with Gasteiger partial charge in [0, 0.05) is 6.07 Å². The summed E-state index contributed by atoms with van der Waals surface area (Å²) in [6.45, 7) is 0. The second-order valence-corrected chi connectivity index (χ2v) is 4.39. The van der Waals surface area contributed by atoms with Crippen LogP contribution >= 0.6 is 0 Å². The first-order valence-corrected chi connectivity index (χ1v) is 5.69. The highest BCUT2D eigenvalue weighted by atomic mass is 16.5. The van der Waals surface area contributed by atoms with Gasteiger partial charge in [-0.3, -0.25) is 4.79 Å². The van der Waals surface area contributed by atoms with E-state index in [-0.39, 0.29) is 5.78 Å². The average molecular weight is 251 g/mol. The Labute approximate surface area is 106 Å². The lowest BCUT2D eigenvalue weighted by Gasteiger charge is -2.15. The maximum Gasteiger partial charge on any atom is 0.186 e. The summed E-state index contributed by atoms with van der Waals surface area (Å²) in [6, 6.07) is 3.25. The molecule has 0 amide bonds. The van der Waals surface area contributed by atoms with E-state index in [1.807, 2.05) is 0 Å². The van der Waals surface area contributed by atoms with E-state index in [0.29, 0.717) is 35.7 Å². The molecule has 0 heterocycles. The van der Waals surface area contributed by atoms with Crippen LogP contribution in [0.5, 0.6) is 17.2 Å². The van der Waals surface area contributed by atoms with Crippen molar-refractivity contribution in [1.29, 1.82) is 0 Å². The molecule has 0 aliphatic heterocycles. The van der Waals surface area contributed by atoms with Gasteiger partial charge in [-0.15, -0.1) is 0 Å². The minimum absolute atomic E-state index is 0.111. The number of hydrogen-bond acceptors (Lipinski definition) is 5. The molecule has 98 valence electrons. The molecule has 1 aromatic carbocycles. The summed E-state index contributed by atoms with van der Waals surface area (Å²) < 4.78 is 15.6. The van der Waals surface area contributed by atoms with Crippen molar-refractivity contribution in [2.75, 3.05) is 21.3 Å². The van der Waals surface area contributed by atoms with Gasteiger partial charge in [0.05, 0.1) is 32.4 Å². The first-order chi connectivity index (χ1) is 8.55. The zero-order valence-corrected chi connectivity index (χ0v) is 10.8. The number of nitrogens with two attached hydrogens (primary N) is 1. The number of methoxy groups -OCH3 is 3. The van der Waals surface area contributed by atoms with Gasteiger partial charge in [-0.2, -0.15) is 0 Å². The molecule has 0 saturated heterocycles. The summed E-state index contributed by atoms with van der Waals surface area (Å²) in [5.74, 6) is 1.35. The number of Topliss-reactive ketones (excluding diaryl/α,β-unsaturated/α-hetero) is 1. The molecular weight excluding hydrogens is 234 g/mol. The third-order valence-corrected chi connectivity index (χ3v) is 3.19. The summed E-state index contributed by atoms with van der Waals surface area (Å²) in [5, 5.41) is 0. The summed E-state index contributed by atoms with van der Waals surface area (Å²) in [6.07, 6.45) is 1.42. The van der Waals surface area contributed by atoms with Crippen LogP contribution in [-0.2, 0) is 0 Å². The summed E-state index contributed by atoms with van der Waals surface area (Å²) >= 11 is 0. The molecule has 2 rings (SSSR count). The van der Waals surface area contributed by atoms with E-state index >= 15 is 0 Å². The van der Waals surface area contributed by atoms with Crippen LogP contribution in [0, 0.1) is 0 Å². The molecule has 1 fully saturated rings. The molecule has 5 heteroatoms. The lowest BCUT2D eigenvalue weighted by molar-refractivity contribution is 0.0945. The van der Waals surface area contributed by atoms with Crippen molar-refractivity contribution in [2.45, 2.75) is 18.4 Å². The topological polar surface area (TPSA) is 70.8 Å². The van der Waals surface area contributed by atoms with Gasteiger partial charge in [-0.05, 0) is 18.9 Å². The standard InChI is InChI=1S/C13H17NO4/c1-16-9-7-11(18-3)10(17-2)6-8(9)12(15)13(14)4-5-13/h6-7H,4-5,14H2,1-3H3. The van der Waals surface area contributed by atoms with Crippen LogP contribution < -0.4 is 19.9 Å². The van der Waals surface area contributed by atoms with Crippen LogP contribution in [0.15, 0.2) is 12.1 Å². The molecule has 1 saturated carbocycles. The number of ether oxygens (including phenoxy) is 3. The Morgan fingerprint density at radius 2 is 1.56 bits per heavy atom. The van der Waals surface area contributed by atoms with E-state index < -0.39 is 5.54 Å². The van der Waals surface area contributed by atoms with Crippen molar-refractivity contribution in [3.63, 3.8) is 0 Å². The Bertz CT molecular complexity index is 480. The second kappa shape index (κ2) is 4.49. The van der Waals surface area contributed by atoms with Crippen LogP contribution in [0.2, 0.25) is 0 Å². The maximum atomic E-state index is 12.3. The van der Waals surface area contributed by atoms with Gasteiger partial charge in [-0.25, -0.2) is 0 Å². The summed E-state index contributed by atoms with van der Waals surface area (Å²) in [5.41, 5.74) is 5.64. The molecule has 0 radical (unpaired) electrons. The van der Waals surface area contributed by atoms with Crippen molar-refractivity contribution in [1.82, 2.24) is 0 Å². The molecule has 0 atom stereocenters. The Kier molecular flexibility index (Phi) is 3.17. The van der Waals surface area contributed by atoms with Gasteiger partial charge in [0.2, 0.25) is 0 Å². The highest BCUT2D eigenvalue weighted by molar-refractivity contribution is 6.07. The zero-order chi connectivity index (χ0) is 13.3. The minimum atomic E-state index is -0.729. The molecule has 0 bridgehead atoms. The fraction of sp³-hybridized carbons (Fsp3) is 0.462. The normalized spacial score (nSPS) is 16.0. The van der Waals surface area contributed by atoms with Crippen LogP contribution in [-0.4, -0.2) is 32.7 Å². The number of carbonyl (C=O) groups excluding carboxylic acids is 1. The molecule has 0 aromatic heterocycles. The Morgan fingerprint density at radius 3 is 2.00 bits per heavy atom. The molecule has 18 heavy (non-hydrogen) atoms. The van der Waals surface area contributed by atoms with Gasteiger partial charge >= 0.3 is 0 Å². The fourth-order valence-corrected chi connectivity index (χ4v) is 1.84. The SMILES string of the molecule is COc1cc(OC)c(C(=O)C2(N)CC2)cc1OC. The molecular formula is C13H17NO4. The highest BCUT2D eigenvalue weighted by Crippen LogP contribution is 2.41. The van der Waals surface area contributed by atoms with E-state index in [4.69, 9.17) is 19.9 Å². The maximum absolute atomic E-state index is 12.3. The number of benzene rings is 1. The first kappa shape index (κ1) is 12.7. The molecule has 0 unspecified atom stereocenters. The number of rotatable bonds is 5. The third-order valence-electron chi connectivity index (χ3n) is 3.19. The van der Waals surface area contributed by atoms with Crippen LogP contribution in [0.4, 0.5) is 0 Å². The molecule has 1 aliphatic rings. The Hall–Kier alpha value is -1.75. The van der Waals surface area contributed by atoms with Crippen LogP contribution in [0.1, 0.15) is 23.2 Å². The van der Waals surface area contributed by atoms with E-state index in [0.717, 1.165) is 0 Å². The monoisotopic (exact) mass is 251 g/mol. The number of hydrogen-bond donors (Lipinski definition) is 1. The largest absolute Gasteiger partial charge is 0.496 e. The van der Waals surface area contributed by atoms with Gasteiger partial charge in [0.1, 0.15) is 5.75 Å². The van der Waals surface area contributed by atoms with Crippen LogP contribution in [0.3, 0.4) is 0 Å². The van der Waals surface area contributed by atoms with E-state index in [1.165, 1.54) is 21.3 Å². The van der Waals surface area contributed by atoms with Gasteiger partial charge in [0.25, 0.3) is 0 Å². The molecule has 0 spiro atoms. The summed E-state index contributed by atoms with van der Waals surface area (Å²) in [4.78, 5) is 12.3. The highest BCUT2D eigenvalue weighted by Gasteiger charge is 2.47. The van der Waals surface area contributed by atoms with Crippen LogP contribution in [0.25, 0.3) is 0 Å². The van der Waals surface area contributed by atoms with Gasteiger partial charge < -0.3 is 19.9 Å². The lowest BCUT2D eigenvalue weighted by Crippen LogP contribution is -2.33. The van der Waals surface area contributed by atoms with Crippen molar-refractivity contribution in [3.05, 3.63) is 17.7 Å². The Morgan fingerprint density at radius 1 is 1.06 bits per heavy atom. The number of carbonyl (C=O) groups is 1. The van der Waals surface area contributed by atoms with E-state index in [1.54, 1.807) is 12.1 Å². The van der Waals surface area contributed by atoms with Crippen molar-refractivity contribution in [2.24, 2.45) is 5.73 Å². The minimum Gasteiger partial charge on any atom is -0.496 e. The quantitative estimate of drug-likeness (QED) is 0.801. The second-order valence-electron chi connectivity index (χ2n) is 4.39. The predicted molar refractivity (Wildman–Crippen MR) is 66.6 cm³/mol. The first-order valence-electron chi connectivity index (χ1n) is 5.69. The molecule has 1 aromatic rings. The predicted octanol–water partition coefficient (Wildman–Crippen LogP) is 1.39. The van der Waals surface area contributed by atoms with Crippen molar-refractivity contribution >= 4 is 5.78 Å². The smallest absolute Gasteiger partial charge is 0.186 e. The molecule has 2 N–H and O–H groups in total. The number of ketones is 1. The fourth-order valence-electron chi connectivity index (χ4n) is 1.84. The van der Waals surface area contributed by atoms with Gasteiger partial charge in [-0.1, -0.05) is 0 Å².